The van der Waals surface area contributed by atoms with E-state index in [4.69, 9.17) is 4.74 Å². The van der Waals surface area contributed by atoms with Crippen LogP contribution < -0.4 is 0 Å². The summed E-state index contributed by atoms with van der Waals surface area (Å²) in [6, 6.07) is 10.2. The molecule has 0 N–H and O–H groups in total. The molecule has 0 bridgehead atoms. The smallest absolute Gasteiger partial charge is 0.222 e. The van der Waals surface area contributed by atoms with Crippen molar-refractivity contribution in [2.75, 3.05) is 39.9 Å². The van der Waals surface area contributed by atoms with Crippen LogP contribution in [0.15, 0.2) is 24.3 Å². The van der Waals surface area contributed by atoms with Crippen molar-refractivity contribution in [1.29, 1.82) is 5.26 Å². The van der Waals surface area contributed by atoms with Gasteiger partial charge in [-0.1, -0.05) is 18.2 Å². The highest BCUT2D eigenvalue weighted by Gasteiger charge is 2.41. The van der Waals surface area contributed by atoms with Crippen LogP contribution in [0.3, 0.4) is 0 Å². The number of hydrogen-bond donors (Lipinski definition) is 0. The Labute approximate surface area is 156 Å². The normalized spacial score (nSPS) is 24.0. The number of likely N-dealkylation sites (tertiary alicyclic amines) is 2. The Morgan fingerprint density at radius 3 is 2.92 bits per heavy atom. The predicted molar refractivity (Wildman–Crippen MR) is 100 cm³/mol. The van der Waals surface area contributed by atoms with Gasteiger partial charge in [-0.05, 0) is 43.9 Å². The van der Waals surface area contributed by atoms with Gasteiger partial charge in [0.1, 0.15) is 0 Å². The van der Waals surface area contributed by atoms with E-state index < -0.39 is 0 Å². The Morgan fingerprint density at radius 1 is 1.27 bits per heavy atom. The third-order valence-electron chi connectivity index (χ3n) is 5.80. The molecule has 0 radical (unpaired) electrons. The fourth-order valence-electron chi connectivity index (χ4n) is 4.49. The Morgan fingerprint density at radius 2 is 2.12 bits per heavy atom. The van der Waals surface area contributed by atoms with Gasteiger partial charge in [0, 0.05) is 51.7 Å². The Bertz CT molecular complexity index is 669. The average molecular weight is 355 g/mol. The summed E-state index contributed by atoms with van der Waals surface area (Å²) in [6.07, 6.45) is 4.91. The van der Waals surface area contributed by atoms with Crippen LogP contribution in [0.4, 0.5) is 0 Å². The monoisotopic (exact) mass is 355 g/mol. The van der Waals surface area contributed by atoms with Gasteiger partial charge in [-0.2, -0.15) is 5.26 Å². The fourth-order valence-corrected chi connectivity index (χ4v) is 4.49. The van der Waals surface area contributed by atoms with Gasteiger partial charge in [0.25, 0.3) is 0 Å². The van der Waals surface area contributed by atoms with Crippen LogP contribution in [-0.2, 0) is 16.1 Å². The molecule has 1 aromatic carbocycles. The molecule has 5 nitrogen and oxygen atoms in total. The molecule has 2 saturated heterocycles. The summed E-state index contributed by atoms with van der Waals surface area (Å²) in [5, 5.41) is 9.33. The van der Waals surface area contributed by atoms with E-state index in [1.54, 1.807) is 7.11 Å². The van der Waals surface area contributed by atoms with Crippen LogP contribution in [0, 0.1) is 16.7 Å². The molecule has 2 heterocycles. The van der Waals surface area contributed by atoms with E-state index in [2.05, 4.69) is 21.9 Å². The summed E-state index contributed by atoms with van der Waals surface area (Å²) in [5.74, 6) is 0.290. The summed E-state index contributed by atoms with van der Waals surface area (Å²) in [7, 11) is 1.71. The molecule has 26 heavy (non-hydrogen) atoms. The second kappa shape index (κ2) is 8.66. The van der Waals surface area contributed by atoms with Gasteiger partial charge >= 0.3 is 0 Å². The lowest BCUT2D eigenvalue weighted by atomic mass is 9.73. The number of carbonyl (C=O) groups is 1. The highest BCUT2D eigenvalue weighted by atomic mass is 16.5. The molecular formula is C21H29N3O2. The fraction of sp³-hybridized carbons (Fsp3) is 0.619. The second-order valence-corrected chi connectivity index (χ2v) is 7.74. The molecule has 1 aromatic rings. The first-order valence-electron chi connectivity index (χ1n) is 9.63. The first-order chi connectivity index (χ1) is 12.7. The lowest BCUT2D eigenvalue weighted by Gasteiger charge is -2.48. The zero-order valence-electron chi connectivity index (χ0n) is 15.7. The molecule has 3 rings (SSSR count). The lowest BCUT2D eigenvalue weighted by molar-refractivity contribution is -0.139. The SMILES string of the molecule is COCCCN1C[C@@]2(CCCN(Cc3ccccc3C#N)C2)CCC1=O. The standard InChI is InChI=1S/C21H29N3O2/c1-26-13-5-12-24-17-21(10-8-20(24)25)9-4-11-23(16-21)15-19-7-3-2-6-18(19)14-22/h2-3,6-7H,4-5,8-13,15-17H2,1H3/t21-/m0/s1. The van der Waals surface area contributed by atoms with Crippen molar-refractivity contribution in [1.82, 2.24) is 9.80 Å². The van der Waals surface area contributed by atoms with Crippen molar-refractivity contribution < 1.29 is 9.53 Å². The number of rotatable bonds is 6. The van der Waals surface area contributed by atoms with Gasteiger partial charge in [-0.25, -0.2) is 0 Å². The summed E-state index contributed by atoms with van der Waals surface area (Å²) in [6.45, 7) is 5.27. The van der Waals surface area contributed by atoms with Gasteiger partial charge in [-0.3, -0.25) is 9.69 Å². The summed E-state index contributed by atoms with van der Waals surface area (Å²) < 4.78 is 5.14. The summed E-state index contributed by atoms with van der Waals surface area (Å²) >= 11 is 0. The third-order valence-corrected chi connectivity index (χ3v) is 5.80. The summed E-state index contributed by atoms with van der Waals surface area (Å²) in [4.78, 5) is 16.8. The van der Waals surface area contributed by atoms with E-state index in [9.17, 15) is 10.1 Å². The van der Waals surface area contributed by atoms with Crippen LogP contribution in [0.5, 0.6) is 0 Å². The van der Waals surface area contributed by atoms with Crippen molar-refractivity contribution in [3.05, 3.63) is 35.4 Å². The van der Waals surface area contributed by atoms with Gasteiger partial charge in [0.05, 0.1) is 11.6 Å². The maximum Gasteiger partial charge on any atom is 0.222 e. The van der Waals surface area contributed by atoms with Gasteiger partial charge in [0.2, 0.25) is 5.91 Å². The zero-order valence-corrected chi connectivity index (χ0v) is 15.7. The van der Waals surface area contributed by atoms with Crippen LogP contribution in [0.1, 0.15) is 43.2 Å². The van der Waals surface area contributed by atoms with Crippen LogP contribution >= 0.6 is 0 Å². The van der Waals surface area contributed by atoms with Crippen LogP contribution in [-0.4, -0.2) is 55.6 Å². The van der Waals surface area contributed by atoms with Gasteiger partial charge in [-0.15, -0.1) is 0 Å². The van der Waals surface area contributed by atoms with Crippen LogP contribution in [0.25, 0.3) is 0 Å². The average Bonchev–Trinajstić information content (AvgIpc) is 2.66. The molecule has 2 fully saturated rings. The number of ether oxygens (including phenoxy) is 1. The zero-order chi connectivity index (χ0) is 18.4. The largest absolute Gasteiger partial charge is 0.385 e. The Balaban J connectivity index is 1.65. The minimum Gasteiger partial charge on any atom is -0.385 e. The van der Waals surface area contributed by atoms with Gasteiger partial charge in [0.15, 0.2) is 0 Å². The van der Waals surface area contributed by atoms with E-state index in [1.807, 2.05) is 18.2 Å². The molecule has 140 valence electrons. The molecule has 1 atom stereocenters. The van der Waals surface area contributed by atoms with Crippen molar-refractivity contribution >= 4 is 5.91 Å². The van der Waals surface area contributed by atoms with E-state index in [0.717, 1.165) is 63.1 Å². The molecule has 1 spiro atoms. The lowest BCUT2D eigenvalue weighted by Crippen LogP contribution is -2.54. The molecule has 2 aliphatic rings. The first kappa shape index (κ1) is 18.9. The Hall–Kier alpha value is -1.90. The number of benzene rings is 1. The maximum atomic E-state index is 12.3. The van der Waals surface area contributed by atoms with E-state index >= 15 is 0 Å². The number of piperidine rings is 2. The number of hydrogen-bond acceptors (Lipinski definition) is 4. The quantitative estimate of drug-likeness (QED) is 0.736. The van der Waals surface area contributed by atoms with Crippen molar-refractivity contribution in [3.63, 3.8) is 0 Å². The predicted octanol–water partition coefficient (Wildman–Crippen LogP) is 2.80. The molecule has 0 unspecified atom stereocenters. The third kappa shape index (κ3) is 4.44. The maximum absolute atomic E-state index is 12.3. The number of methoxy groups -OCH3 is 1. The molecule has 0 aromatic heterocycles. The summed E-state index contributed by atoms with van der Waals surface area (Å²) in [5.41, 5.74) is 2.09. The molecule has 0 aliphatic carbocycles. The highest BCUT2D eigenvalue weighted by molar-refractivity contribution is 5.77. The van der Waals surface area contributed by atoms with Crippen molar-refractivity contribution in [2.24, 2.45) is 5.41 Å². The number of nitrogens with zero attached hydrogens (tertiary/aromatic N) is 3. The molecule has 1 amide bonds. The topological polar surface area (TPSA) is 56.6 Å². The molecular weight excluding hydrogens is 326 g/mol. The van der Waals surface area contributed by atoms with Gasteiger partial charge < -0.3 is 9.64 Å². The molecule has 5 heteroatoms. The molecule has 2 aliphatic heterocycles. The van der Waals surface area contributed by atoms with Crippen LogP contribution in [0.2, 0.25) is 0 Å². The van der Waals surface area contributed by atoms with E-state index in [-0.39, 0.29) is 5.41 Å². The molecule has 0 saturated carbocycles. The number of nitriles is 1. The van der Waals surface area contributed by atoms with Crippen molar-refractivity contribution in [2.45, 2.75) is 38.6 Å². The minimum atomic E-state index is 0.209. The Kier molecular flexibility index (Phi) is 6.29. The van der Waals surface area contributed by atoms with E-state index in [1.165, 1.54) is 6.42 Å². The van der Waals surface area contributed by atoms with Crippen molar-refractivity contribution in [3.8, 4) is 6.07 Å². The first-order valence-corrected chi connectivity index (χ1v) is 9.63. The minimum absolute atomic E-state index is 0.209. The highest BCUT2D eigenvalue weighted by Crippen LogP contribution is 2.39. The number of amides is 1. The van der Waals surface area contributed by atoms with E-state index in [0.29, 0.717) is 18.9 Å². The number of carbonyl (C=O) groups excluding carboxylic acids is 1. The second-order valence-electron chi connectivity index (χ2n) is 7.74.